The molecule has 1 unspecified atom stereocenters. The maximum Gasteiger partial charge on any atom is 0.251 e. The van der Waals surface area contributed by atoms with Gasteiger partial charge in [0, 0.05) is 18.7 Å². The molecular weight excluding hydrogens is 264 g/mol. The summed E-state index contributed by atoms with van der Waals surface area (Å²) in [7, 11) is 0. The summed E-state index contributed by atoms with van der Waals surface area (Å²) in [4.78, 5) is 12.3. The SMILES string of the molecule is Cc1cccc2c1C(NC(=O)c1ccc(O)cc1)CNC2. The molecule has 4 heteroatoms. The van der Waals surface area contributed by atoms with Crippen LogP contribution in [0.5, 0.6) is 5.75 Å². The minimum absolute atomic E-state index is 0.0312. The summed E-state index contributed by atoms with van der Waals surface area (Å²) in [5, 5.41) is 15.7. The monoisotopic (exact) mass is 282 g/mol. The van der Waals surface area contributed by atoms with Crippen LogP contribution in [0.25, 0.3) is 0 Å². The molecule has 0 saturated heterocycles. The first-order valence-electron chi connectivity index (χ1n) is 7.04. The van der Waals surface area contributed by atoms with Gasteiger partial charge in [-0.2, -0.15) is 0 Å². The van der Waals surface area contributed by atoms with E-state index in [1.165, 1.54) is 28.8 Å². The van der Waals surface area contributed by atoms with Crippen LogP contribution in [-0.2, 0) is 6.54 Å². The summed E-state index contributed by atoms with van der Waals surface area (Å²) in [5.74, 6) is 0.0324. The third kappa shape index (κ3) is 2.76. The van der Waals surface area contributed by atoms with Gasteiger partial charge in [-0.3, -0.25) is 4.79 Å². The zero-order chi connectivity index (χ0) is 14.8. The fourth-order valence-corrected chi connectivity index (χ4v) is 2.83. The van der Waals surface area contributed by atoms with Gasteiger partial charge in [-0.25, -0.2) is 0 Å². The fraction of sp³-hybridized carbons (Fsp3) is 0.235. The van der Waals surface area contributed by atoms with Gasteiger partial charge in [-0.05, 0) is 47.9 Å². The molecule has 0 radical (unpaired) electrons. The molecule has 0 spiro atoms. The molecule has 108 valence electrons. The molecule has 1 amide bonds. The number of phenols is 1. The quantitative estimate of drug-likeness (QED) is 0.792. The molecule has 0 saturated carbocycles. The van der Waals surface area contributed by atoms with Crippen LogP contribution in [0.2, 0.25) is 0 Å². The van der Waals surface area contributed by atoms with Crippen molar-refractivity contribution in [2.45, 2.75) is 19.5 Å². The highest BCUT2D eigenvalue weighted by Gasteiger charge is 2.23. The average molecular weight is 282 g/mol. The zero-order valence-electron chi connectivity index (χ0n) is 11.9. The van der Waals surface area contributed by atoms with E-state index >= 15 is 0 Å². The number of fused-ring (bicyclic) bond motifs is 1. The molecule has 1 atom stereocenters. The van der Waals surface area contributed by atoms with Crippen molar-refractivity contribution in [3.63, 3.8) is 0 Å². The normalized spacial score (nSPS) is 17.1. The molecule has 3 N–H and O–H groups in total. The van der Waals surface area contributed by atoms with Crippen LogP contribution in [0.4, 0.5) is 0 Å². The van der Waals surface area contributed by atoms with Crippen molar-refractivity contribution in [3.8, 4) is 5.75 Å². The molecule has 21 heavy (non-hydrogen) atoms. The molecule has 1 heterocycles. The molecule has 0 aromatic heterocycles. The molecule has 0 aliphatic carbocycles. The number of aryl methyl sites for hydroxylation is 1. The van der Waals surface area contributed by atoms with Crippen molar-refractivity contribution in [2.24, 2.45) is 0 Å². The summed E-state index contributed by atoms with van der Waals surface area (Å²) in [5.41, 5.74) is 4.19. The smallest absolute Gasteiger partial charge is 0.251 e. The average Bonchev–Trinajstić information content (AvgIpc) is 2.48. The van der Waals surface area contributed by atoms with Crippen molar-refractivity contribution >= 4 is 5.91 Å². The van der Waals surface area contributed by atoms with E-state index in [0.717, 1.165) is 13.1 Å². The number of carbonyl (C=O) groups is 1. The summed E-state index contributed by atoms with van der Waals surface area (Å²) < 4.78 is 0. The first-order valence-corrected chi connectivity index (χ1v) is 7.04. The van der Waals surface area contributed by atoms with Crippen LogP contribution in [0.3, 0.4) is 0 Å². The van der Waals surface area contributed by atoms with Crippen molar-refractivity contribution in [1.82, 2.24) is 10.6 Å². The number of aromatic hydroxyl groups is 1. The highest BCUT2D eigenvalue weighted by molar-refractivity contribution is 5.94. The largest absolute Gasteiger partial charge is 0.508 e. The lowest BCUT2D eigenvalue weighted by Crippen LogP contribution is -2.39. The Bertz CT molecular complexity index is 665. The van der Waals surface area contributed by atoms with Gasteiger partial charge in [0.25, 0.3) is 5.91 Å². The molecular formula is C17H18N2O2. The Morgan fingerprint density at radius 3 is 2.76 bits per heavy atom. The standard InChI is InChI=1S/C17H18N2O2/c1-11-3-2-4-13-9-18-10-15(16(11)13)19-17(21)12-5-7-14(20)8-6-12/h2-8,15,18,20H,9-10H2,1H3,(H,19,21). The van der Waals surface area contributed by atoms with Crippen LogP contribution < -0.4 is 10.6 Å². The van der Waals surface area contributed by atoms with E-state index in [2.05, 4.69) is 29.7 Å². The molecule has 1 aliphatic heterocycles. The minimum atomic E-state index is -0.127. The predicted octanol–water partition coefficient (Wildman–Crippen LogP) is 2.27. The second-order valence-corrected chi connectivity index (χ2v) is 5.35. The van der Waals surface area contributed by atoms with Crippen molar-refractivity contribution < 1.29 is 9.90 Å². The van der Waals surface area contributed by atoms with Crippen LogP contribution in [-0.4, -0.2) is 17.6 Å². The highest BCUT2D eigenvalue weighted by Crippen LogP contribution is 2.25. The second-order valence-electron chi connectivity index (χ2n) is 5.35. The minimum Gasteiger partial charge on any atom is -0.508 e. The molecule has 0 bridgehead atoms. The predicted molar refractivity (Wildman–Crippen MR) is 81.2 cm³/mol. The van der Waals surface area contributed by atoms with Gasteiger partial charge in [-0.15, -0.1) is 0 Å². The lowest BCUT2D eigenvalue weighted by Gasteiger charge is -2.29. The van der Waals surface area contributed by atoms with Gasteiger partial charge in [0.05, 0.1) is 6.04 Å². The first-order chi connectivity index (χ1) is 10.1. The highest BCUT2D eigenvalue weighted by atomic mass is 16.3. The molecule has 2 aromatic carbocycles. The number of hydrogen-bond acceptors (Lipinski definition) is 3. The van der Waals surface area contributed by atoms with E-state index < -0.39 is 0 Å². The van der Waals surface area contributed by atoms with Gasteiger partial charge in [0.1, 0.15) is 5.75 Å². The number of nitrogens with one attached hydrogen (secondary N) is 2. The van der Waals surface area contributed by atoms with E-state index in [1.807, 2.05) is 6.07 Å². The van der Waals surface area contributed by atoms with Crippen molar-refractivity contribution in [1.29, 1.82) is 0 Å². The second kappa shape index (κ2) is 5.58. The summed E-state index contributed by atoms with van der Waals surface area (Å²) in [6.07, 6.45) is 0. The Balaban J connectivity index is 1.83. The zero-order valence-corrected chi connectivity index (χ0v) is 11.9. The third-order valence-electron chi connectivity index (χ3n) is 3.86. The topological polar surface area (TPSA) is 61.4 Å². The third-order valence-corrected chi connectivity index (χ3v) is 3.86. The van der Waals surface area contributed by atoms with Gasteiger partial charge in [0.15, 0.2) is 0 Å². The van der Waals surface area contributed by atoms with Gasteiger partial charge in [0.2, 0.25) is 0 Å². The Morgan fingerprint density at radius 2 is 2.00 bits per heavy atom. The van der Waals surface area contributed by atoms with E-state index in [9.17, 15) is 9.90 Å². The van der Waals surface area contributed by atoms with Gasteiger partial charge >= 0.3 is 0 Å². The van der Waals surface area contributed by atoms with Gasteiger partial charge in [-0.1, -0.05) is 18.2 Å². The van der Waals surface area contributed by atoms with Crippen molar-refractivity contribution in [3.05, 3.63) is 64.7 Å². The van der Waals surface area contributed by atoms with Gasteiger partial charge < -0.3 is 15.7 Å². The molecule has 1 aliphatic rings. The number of phenolic OH excluding ortho intramolecular Hbond substituents is 1. The van der Waals surface area contributed by atoms with Crippen molar-refractivity contribution in [2.75, 3.05) is 6.54 Å². The van der Waals surface area contributed by atoms with E-state index in [4.69, 9.17) is 0 Å². The number of hydrogen-bond donors (Lipinski definition) is 3. The number of amides is 1. The van der Waals surface area contributed by atoms with Crippen LogP contribution >= 0.6 is 0 Å². The maximum absolute atomic E-state index is 12.3. The number of carbonyl (C=O) groups excluding carboxylic acids is 1. The molecule has 3 rings (SSSR count). The van der Waals surface area contributed by atoms with E-state index in [0.29, 0.717) is 5.56 Å². The molecule has 0 fully saturated rings. The van der Waals surface area contributed by atoms with Crippen LogP contribution in [0.15, 0.2) is 42.5 Å². The molecule has 4 nitrogen and oxygen atoms in total. The van der Waals surface area contributed by atoms with E-state index in [-0.39, 0.29) is 17.7 Å². The van der Waals surface area contributed by atoms with E-state index in [1.54, 1.807) is 12.1 Å². The van der Waals surface area contributed by atoms with Crippen LogP contribution in [0, 0.1) is 6.92 Å². The lowest BCUT2D eigenvalue weighted by molar-refractivity contribution is 0.0934. The number of benzene rings is 2. The fourth-order valence-electron chi connectivity index (χ4n) is 2.83. The Morgan fingerprint density at radius 1 is 1.24 bits per heavy atom. The number of rotatable bonds is 2. The lowest BCUT2D eigenvalue weighted by atomic mass is 9.92. The Kier molecular flexibility index (Phi) is 3.62. The molecule has 2 aromatic rings. The first kappa shape index (κ1) is 13.6. The summed E-state index contributed by atoms with van der Waals surface area (Å²) in [6, 6.07) is 12.5. The maximum atomic E-state index is 12.3. The summed E-state index contributed by atoms with van der Waals surface area (Å²) >= 11 is 0. The Hall–Kier alpha value is -2.33. The van der Waals surface area contributed by atoms with Crippen LogP contribution in [0.1, 0.15) is 33.1 Å². The summed E-state index contributed by atoms with van der Waals surface area (Å²) in [6.45, 7) is 3.63. The Labute approximate surface area is 123 Å².